The lowest BCUT2D eigenvalue weighted by atomic mass is 9.98. The van der Waals surface area contributed by atoms with E-state index in [-0.39, 0.29) is 0 Å². The first kappa shape index (κ1) is 27.2. The van der Waals surface area contributed by atoms with Gasteiger partial charge in [0.25, 0.3) is 0 Å². The van der Waals surface area contributed by atoms with Gasteiger partial charge >= 0.3 is 0 Å². The van der Waals surface area contributed by atoms with Gasteiger partial charge < -0.3 is 8.83 Å². The normalized spacial score (nSPS) is 12.0. The number of para-hydroxylation sites is 1. The van der Waals surface area contributed by atoms with Crippen LogP contribution in [0.15, 0.2) is 167 Å². The van der Waals surface area contributed by atoms with Crippen LogP contribution in [0.1, 0.15) is 0 Å². The molecule has 4 heteroatoms. The predicted octanol–water partition coefficient (Wildman–Crippen LogP) is 12.7. The van der Waals surface area contributed by atoms with Gasteiger partial charge in [-0.1, -0.05) is 121 Å². The molecule has 4 nitrogen and oxygen atoms in total. The van der Waals surface area contributed by atoms with E-state index in [1.165, 1.54) is 16.3 Å². The quantitative estimate of drug-likeness (QED) is 0.181. The molecule has 8 aromatic carbocycles. The molecular weight excluding hydrogens is 613 g/mol. The molecule has 0 bridgehead atoms. The second kappa shape index (κ2) is 10.4. The third-order valence-electron chi connectivity index (χ3n) is 10.1. The van der Waals surface area contributed by atoms with Crippen LogP contribution >= 0.6 is 0 Å². The topological polar surface area (TPSA) is 52.1 Å². The second-order valence-corrected chi connectivity index (χ2v) is 12.9. The summed E-state index contributed by atoms with van der Waals surface area (Å²) in [5, 5.41) is 8.78. The molecule has 0 aliphatic rings. The number of benzene rings is 8. The van der Waals surface area contributed by atoms with Gasteiger partial charge in [-0.05, 0) is 57.8 Å². The molecule has 0 aliphatic heterocycles. The summed E-state index contributed by atoms with van der Waals surface area (Å²) in [6.07, 6.45) is 1.89. The van der Waals surface area contributed by atoms with Crippen molar-refractivity contribution in [2.45, 2.75) is 0 Å². The third kappa shape index (κ3) is 3.93. The lowest BCUT2D eigenvalue weighted by molar-refractivity contribution is 0.663. The van der Waals surface area contributed by atoms with E-state index in [0.29, 0.717) is 0 Å². The van der Waals surface area contributed by atoms with Crippen LogP contribution in [-0.2, 0) is 0 Å². The highest BCUT2D eigenvalue weighted by atomic mass is 16.3. The zero-order valence-electron chi connectivity index (χ0n) is 26.7. The van der Waals surface area contributed by atoms with Gasteiger partial charge in [0, 0.05) is 38.1 Å². The Balaban J connectivity index is 1.07. The van der Waals surface area contributed by atoms with Crippen molar-refractivity contribution in [3.8, 4) is 33.5 Å². The summed E-state index contributed by atoms with van der Waals surface area (Å²) in [7, 11) is 0. The third-order valence-corrected chi connectivity index (χ3v) is 10.1. The number of nitrogens with zero attached hydrogens (tertiary/aromatic N) is 2. The number of furan rings is 2. The largest absolute Gasteiger partial charge is 0.455 e. The van der Waals surface area contributed by atoms with Crippen LogP contribution in [0.3, 0.4) is 0 Å². The fourth-order valence-corrected chi connectivity index (χ4v) is 7.76. The SMILES string of the molecule is c1ccc(-c2ccc3oc4c(ccc5oc6c(-c7cccc(-c8cnc9c%10ccccc%10c%10ccccc%10c9n8)c7)cccc6c54)c3c2)cc1. The van der Waals surface area contributed by atoms with Crippen LogP contribution in [0.4, 0.5) is 0 Å². The van der Waals surface area contributed by atoms with Gasteiger partial charge in [-0.15, -0.1) is 0 Å². The maximum atomic E-state index is 6.64. The number of hydrogen-bond donors (Lipinski definition) is 0. The summed E-state index contributed by atoms with van der Waals surface area (Å²) in [6, 6.07) is 52.8. The molecule has 0 aliphatic carbocycles. The average molecular weight is 639 g/mol. The summed E-state index contributed by atoms with van der Waals surface area (Å²) in [5.74, 6) is 0. The van der Waals surface area contributed by atoms with Crippen molar-refractivity contribution in [3.63, 3.8) is 0 Å². The first-order valence-electron chi connectivity index (χ1n) is 16.8. The molecule has 11 aromatic rings. The van der Waals surface area contributed by atoms with Gasteiger partial charge in [0.05, 0.1) is 28.3 Å². The molecule has 50 heavy (non-hydrogen) atoms. The van der Waals surface area contributed by atoms with Crippen molar-refractivity contribution < 1.29 is 8.83 Å². The molecule has 11 rings (SSSR count). The van der Waals surface area contributed by atoms with E-state index in [0.717, 1.165) is 93.6 Å². The number of fused-ring (bicyclic) bond motifs is 13. The Labute approximate surface area is 285 Å². The first-order valence-corrected chi connectivity index (χ1v) is 16.8. The number of hydrogen-bond acceptors (Lipinski definition) is 4. The summed E-state index contributed by atoms with van der Waals surface area (Å²) in [6.45, 7) is 0. The molecule has 0 N–H and O–H groups in total. The fraction of sp³-hybridized carbons (Fsp3) is 0. The Hall–Kier alpha value is -6.78. The van der Waals surface area contributed by atoms with Crippen LogP contribution in [0.2, 0.25) is 0 Å². The summed E-state index contributed by atoms with van der Waals surface area (Å²) >= 11 is 0. The van der Waals surface area contributed by atoms with Crippen molar-refractivity contribution >= 4 is 76.5 Å². The highest BCUT2D eigenvalue weighted by molar-refractivity contribution is 6.24. The second-order valence-electron chi connectivity index (χ2n) is 12.9. The molecular formula is C46H26N2O2. The van der Waals surface area contributed by atoms with Gasteiger partial charge in [-0.2, -0.15) is 0 Å². The Morgan fingerprint density at radius 3 is 1.88 bits per heavy atom. The van der Waals surface area contributed by atoms with E-state index >= 15 is 0 Å². The molecule has 0 fully saturated rings. The van der Waals surface area contributed by atoms with Crippen LogP contribution in [0.25, 0.3) is 110 Å². The van der Waals surface area contributed by atoms with Gasteiger partial charge in [0.15, 0.2) is 0 Å². The Morgan fingerprint density at radius 1 is 0.380 bits per heavy atom. The van der Waals surface area contributed by atoms with E-state index < -0.39 is 0 Å². The molecule has 0 unspecified atom stereocenters. The maximum Gasteiger partial charge on any atom is 0.147 e. The first-order chi connectivity index (χ1) is 24.8. The van der Waals surface area contributed by atoms with E-state index in [4.69, 9.17) is 18.8 Å². The predicted molar refractivity (Wildman–Crippen MR) is 205 cm³/mol. The zero-order valence-corrected chi connectivity index (χ0v) is 26.7. The van der Waals surface area contributed by atoms with Crippen molar-refractivity contribution in [2.24, 2.45) is 0 Å². The standard InChI is InChI=1S/C46H26N2O2/c1-2-10-27(11-3-1)28-20-22-40-38(25-28)36-21-23-41-42(46(36)49-40)37-19-9-18-31(45(37)50-41)29-12-8-13-30(24-29)39-26-47-43-34-16-6-4-14-32(34)33-15-5-7-17-35(33)44(43)48-39/h1-26H. The maximum absolute atomic E-state index is 6.64. The molecule has 3 aromatic heterocycles. The molecule has 3 heterocycles. The highest BCUT2D eigenvalue weighted by Gasteiger charge is 2.19. The van der Waals surface area contributed by atoms with Crippen LogP contribution in [0, 0.1) is 0 Å². The van der Waals surface area contributed by atoms with Gasteiger partial charge in [0.1, 0.15) is 22.3 Å². The van der Waals surface area contributed by atoms with Crippen molar-refractivity contribution in [1.29, 1.82) is 0 Å². The average Bonchev–Trinajstić information content (AvgIpc) is 3.76. The summed E-state index contributed by atoms with van der Waals surface area (Å²) in [5.41, 5.74) is 11.4. The van der Waals surface area contributed by atoms with Crippen LogP contribution in [-0.4, -0.2) is 9.97 Å². The molecule has 0 atom stereocenters. The van der Waals surface area contributed by atoms with Crippen molar-refractivity contribution in [3.05, 3.63) is 158 Å². The number of rotatable bonds is 3. The van der Waals surface area contributed by atoms with E-state index in [1.54, 1.807) is 0 Å². The Kier molecular flexibility index (Phi) is 5.63. The van der Waals surface area contributed by atoms with E-state index in [2.05, 4.69) is 146 Å². The van der Waals surface area contributed by atoms with Gasteiger partial charge in [-0.3, -0.25) is 4.98 Å². The minimum atomic E-state index is 0.804. The monoisotopic (exact) mass is 638 g/mol. The van der Waals surface area contributed by atoms with Gasteiger partial charge in [0.2, 0.25) is 0 Å². The molecule has 0 saturated heterocycles. The molecule has 0 amide bonds. The van der Waals surface area contributed by atoms with Gasteiger partial charge in [-0.25, -0.2) is 4.98 Å². The van der Waals surface area contributed by atoms with Crippen molar-refractivity contribution in [2.75, 3.05) is 0 Å². The van der Waals surface area contributed by atoms with Crippen molar-refractivity contribution in [1.82, 2.24) is 9.97 Å². The Morgan fingerprint density at radius 2 is 1.04 bits per heavy atom. The molecule has 0 spiro atoms. The smallest absolute Gasteiger partial charge is 0.147 e. The molecule has 0 saturated carbocycles. The van der Waals surface area contributed by atoms with Crippen LogP contribution < -0.4 is 0 Å². The molecule has 0 radical (unpaired) electrons. The van der Waals surface area contributed by atoms with Crippen LogP contribution in [0.5, 0.6) is 0 Å². The van der Waals surface area contributed by atoms with E-state index in [9.17, 15) is 0 Å². The minimum absolute atomic E-state index is 0.804. The number of aromatic nitrogens is 2. The molecule has 232 valence electrons. The summed E-state index contributed by atoms with van der Waals surface area (Å²) < 4.78 is 13.2. The lowest BCUT2D eigenvalue weighted by Crippen LogP contribution is -1.92. The summed E-state index contributed by atoms with van der Waals surface area (Å²) in [4.78, 5) is 10.2. The minimum Gasteiger partial charge on any atom is -0.455 e. The lowest BCUT2D eigenvalue weighted by Gasteiger charge is -2.11. The fourth-order valence-electron chi connectivity index (χ4n) is 7.76. The zero-order chi connectivity index (χ0) is 32.8. The van der Waals surface area contributed by atoms with E-state index in [1.807, 2.05) is 12.3 Å². The highest BCUT2D eigenvalue weighted by Crippen LogP contribution is 2.43. The Bertz CT molecular complexity index is 3120.